The van der Waals surface area contributed by atoms with E-state index >= 15 is 0 Å². The molecule has 2 amide bonds. The summed E-state index contributed by atoms with van der Waals surface area (Å²) in [6.45, 7) is 7.88. The number of carbonyl (C=O) groups is 2. The van der Waals surface area contributed by atoms with Gasteiger partial charge in [0.15, 0.2) is 6.54 Å². The fraction of sp³-hybridized carbons (Fsp3) is 0.364. The Labute approximate surface area is 166 Å². The van der Waals surface area contributed by atoms with Crippen molar-refractivity contribution in [1.29, 1.82) is 0 Å². The van der Waals surface area contributed by atoms with Crippen molar-refractivity contribution in [2.24, 2.45) is 0 Å². The largest absolute Gasteiger partial charge is 0.355 e. The summed E-state index contributed by atoms with van der Waals surface area (Å²) in [5.41, 5.74) is 4.07. The van der Waals surface area contributed by atoms with Gasteiger partial charge in [0.25, 0.3) is 11.8 Å². The lowest BCUT2D eigenvalue weighted by molar-refractivity contribution is -1.02. The van der Waals surface area contributed by atoms with Crippen LogP contribution in [0.15, 0.2) is 48.5 Å². The quantitative estimate of drug-likeness (QED) is 0.533. The van der Waals surface area contributed by atoms with Crippen LogP contribution in [-0.2, 0) is 11.3 Å². The van der Waals surface area contributed by atoms with Crippen molar-refractivity contribution >= 4 is 17.5 Å². The molecule has 1 aliphatic rings. The summed E-state index contributed by atoms with van der Waals surface area (Å²) in [5, 5.41) is 5.52. The Bertz CT molecular complexity index is 812. The van der Waals surface area contributed by atoms with Crippen LogP contribution in [0.25, 0.3) is 0 Å². The lowest BCUT2D eigenvalue weighted by atomic mass is 10.1. The SMILES string of the molecule is CNC(=O)c1ccc(NC(=O)C[NH+]2CC[NH+](Cc3ccccc3C)CC2)cc1. The smallest absolute Gasteiger partial charge is 0.279 e. The Morgan fingerprint density at radius 3 is 2.21 bits per heavy atom. The molecule has 0 atom stereocenters. The molecule has 0 aromatic heterocycles. The van der Waals surface area contributed by atoms with Crippen molar-refractivity contribution in [2.45, 2.75) is 13.5 Å². The van der Waals surface area contributed by atoms with E-state index in [-0.39, 0.29) is 11.8 Å². The van der Waals surface area contributed by atoms with Crippen LogP contribution in [0.2, 0.25) is 0 Å². The molecule has 0 radical (unpaired) electrons. The Morgan fingerprint density at radius 2 is 1.57 bits per heavy atom. The molecule has 1 saturated heterocycles. The zero-order chi connectivity index (χ0) is 19.9. The average molecular weight is 383 g/mol. The number of quaternary nitrogens is 2. The molecule has 6 heteroatoms. The van der Waals surface area contributed by atoms with Crippen molar-refractivity contribution in [2.75, 3.05) is 45.1 Å². The van der Waals surface area contributed by atoms with Crippen LogP contribution in [0.1, 0.15) is 21.5 Å². The summed E-state index contributed by atoms with van der Waals surface area (Å²) >= 11 is 0. The second-order valence-electron chi connectivity index (χ2n) is 7.48. The third-order valence-electron chi connectivity index (χ3n) is 5.43. The molecule has 0 spiro atoms. The van der Waals surface area contributed by atoms with Crippen LogP contribution in [0.4, 0.5) is 5.69 Å². The first kappa shape index (κ1) is 20.0. The molecular formula is C22H30N4O2+2. The maximum atomic E-state index is 12.4. The summed E-state index contributed by atoms with van der Waals surface area (Å²) in [6, 6.07) is 15.5. The predicted octanol–water partition coefficient (Wildman–Crippen LogP) is -0.723. The van der Waals surface area contributed by atoms with Gasteiger partial charge in [0, 0.05) is 23.9 Å². The first-order valence-corrected chi connectivity index (χ1v) is 9.89. The van der Waals surface area contributed by atoms with Gasteiger partial charge in [-0.05, 0) is 36.8 Å². The van der Waals surface area contributed by atoms with Crippen LogP contribution in [0.5, 0.6) is 0 Å². The molecule has 1 heterocycles. The number of hydrogen-bond acceptors (Lipinski definition) is 2. The van der Waals surface area contributed by atoms with Gasteiger partial charge >= 0.3 is 0 Å². The summed E-state index contributed by atoms with van der Waals surface area (Å²) < 4.78 is 0. The van der Waals surface area contributed by atoms with Crippen molar-refractivity contribution in [3.8, 4) is 0 Å². The fourth-order valence-electron chi connectivity index (χ4n) is 3.67. The molecule has 6 nitrogen and oxygen atoms in total. The topological polar surface area (TPSA) is 67.1 Å². The zero-order valence-electron chi connectivity index (χ0n) is 16.7. The van der Waals surface area contributed by atoms with Crippen molar-refractivity contribution < 1.29 is 19.4 Å². The number of hydrogen-bond donors (Lipinski definition) is 4. The van der Waals surface area contributed by atoms with E-state index in [4.69, 9.17) is 0 Å². The average Bonchev–Trinajstić information content (AvgIpc) is 2.71. The number of piperazine rings is 1. The molecule has 1 fully saturated rings. The van der Waals surface area contributed by atoms with Crippen LogP contribution >= 0.6 is 0 Å². The second kappa shape index (κ2) is 9.48. The van der Waals surface area contributed by atoms with Crippen LogP contribution in [-0.4, -0.2) is 51.6 Å². The Morgan fingerprint density at radius 1 is 0.929 bits per heavy atom. The van der Waals surface area contributed by atoms with Gasteiger partial charge in [0.1, 0.15) is 32.7 Å². The van der Waals surface area contributed by atoms with E-state index < -0.39 is 0 Å². The van der Waals surface area contributed by atoms with Crippen molar-refractivity contribution in [1.82, 2.24) is 5.32 Å². The highest BCUT2D eigenvalue weighted by molar-refractivity contribution is 5.95. The first-order chi connectivity index (χ1) is 13.5. The minimum absolute atomic E-state index is 0.0186. The molecule has 0 unspecified atom stereocenters. The van der Waals surface area contributed by atoms with Crippen molar-refractivity contribution in [3.05, 3.63) is 65.2 Å². The summed E-state index contributed by atoms with van der Waals surface area (Å²) in [7, 11) is 1.60. The van der Waals surface area contributed by atoms with Gasteiger partial charge in [-0.15, -0.1) is 0 Å². The van der Waals surface area contributed by atoms with Gasteiger partial charge in [-0.3, -0.25) is 9.59 Å². The standard InChI is InChI=1S/C22H28N4O2/c1-17-5-3-4-6-19(17)15-25-11-13-26(14-12-25)16-21(27)24-20-9-7-18(8-10-20)22(28)23-2/h3-10H,11-16H2,1-2H3,(H,23,28)(H,24,27)/p+2. The highest BCUT2D eigenvalue weighted by Gasteiger charge is 2.25. The van der Waals surface area contributed by atoms with Crippen LogP contribution in [0.3, 0.4) is 0 Å². The molecule has 1 aliphatic heterocycles. The number of amides is 2. The Kier molecular flexibility index (Phi) is 6.79. The number of aryl methyl sites for hydroxylation is 1. The van der Waals surface area contributed by atoms with E-state index in [2.05, 4.69) is 41.8 Å². The van der Waals surface area contributed by atoms with E-state index in [1.165, 1.54) is 16.0 Å². The van der Waals surface area contributed by atoms with Gasteiger partial charge in [-0.1, -0.05) is 24.3 Å². The molecule has 2 aromatic rings. The number of anilines is 1. The van der Waals surface area contributed by atoms with E-state index in [0.717, 1.165) is 38.4 Å². The third-order valence-corrected chi connectivity index (χ3v) is 5.43. The lowest BCUT2D eigenvalue weighted by Gasteiger charge is -2.29. The lowest BCUT2D eigenvalue weighted by Crippen LogP contribution is -3.28. The number of nitrogens with one attached hydrogen (secondary N) is 4. The van der Waals surface area contributed by atoms with E-state index in [9.17, 15) is 9.59 Å². The molecule has 148 valence electrons. The molecule has 0 saturated carbocycles. The van der Waals surface area contributed by atoms with Gasteiger partial charge in [-0.25, -0.2) is 0 Å². The molecule has 0 bridgehead atoms. The van der Waals surface area contributed by atoms with E-state index in [0.29, 0.717) is 12.1 Å². The molecule has 28 heavy (non-hydrogen) atoms. The normalized spacial score (nSPS) is 19.1. The molecule has 0 aliphatic carbocycles. The first-order valence-electron chi connectivity index (χ1n) is 9.89. The molecule has 2 aromatic carbocycles. The summed E-state index contributed by atoms with van der Waals surface area (Å²) in [6.07, 6.45) is 0. The van der Waals surface area contributed by atoms with Crippen LogP contribution in [0, 0.1) is 6.92 Å². The van der Waals surface area contributed by atoms with E-state index in [1.54, 1.807) is 36.2 Å². The highest BCUT2D eigenvalue weighted by Crippen LogP contribution is 2.09. The summed E-state index contributed by atoms with van der Waals surface area (Å²) in [4.78, 5) is 26.8. The molecular weight excluding hydrogens is 352 g/mol. The Hall–Kier alpha value is -2.70. The summed E-state index contributed by atoms with van der Waals surface area (Å²) in [5.74, 6) is -0.113. The maximum Gasteiger partial charge on any atom is 0.279 e. The second-order valence-corrected chi connectivity index (χ2v) is 7.48. The van der Waals surface area contributed by atoms with Gasteiger partial charge in [0.05, 0.1) is 0 Å². The monoisotopic (exact) mass is 382 g/mol. The molecule has 3 rings (SSSR count). The minimum atomic E-state index is -0.131. The number of benzene rings is 2. The molecule has 4 N–H and O–H groups in total. The van der Waals surface area contributed by atoms with Gasteiger partial charge < -0.3 is 20.4 Å². The highest BCUT2D eigenvalue weighted by atomic mass is 16.2. The van der Waals surface area contributed by atoms with E-state index in [1.807, 2.05) is 0 Å². The zero-order valence-corrected chi connectivity index (χ0v) is 16.7. The Balaban J connectivity index is 1.43. The predicted molar refractivity (Wildman–Crippen MR) is 110 cm³/mol. The number of rotatable bonds is 6. The minimum Gasteiger partial charge on any atom is -0.355 e. The van der Waals surface area contributed by atoms with Gasteiger partial charge in [0.2, 0.25) is 0 Å². The van der Waals surface area contributed by atoms with Crippen LogP contribution < -0.4 is 20.4 Å². The third kappa shape index (κ3) is 5.41. The fourth-order valence-corrected chi connectivity index (χ4v) is 3.67. The maximum absolute atomic E-state index is 12.4. The van der Waals surface area contributed by atoms with Gasteiger partial charge in [-0.2, -0.15) is 0 Å². The van der Waals surface area contributed by atoms with Crippen molar-refractivity contribution in [3.63, 3.8) is 0 Å². The number of carbonyl (C=O) groups excluding carboxylic acids is 2.